The smallest absolute Gasteiger partial charge is 0.329 e. The minimum atomic E-state index is -1.25. The van der Waals surface area contributed by atoms with E-state index in [1.807, 2.05) is 30.3 Å². The van der Waals surface area contributed by atoms with E-state index < -0.39 is 17.6 Å². The molecule has 1 atom stereocenters. The summed E-state index contributed by atoms with van der Waals surface area (Å²) < 4.78 is 0. The summed E-state index contributed by atoms with van der Waals surface area (Å²) in [5.41, 5.74) is 5.81. The molecule has 0 aromatic heterocycles. The van der Waals surface area contributed by atoms with Gasteiger partial charge in [-0.15, -0.1) is 0 Å². The van der Waals surface area contributed by atoms with E-state index in [0.29, 0.717) is 19.4 Å². The molecule has 0 spiro atoms. The van der Waals surface area contributed by atoms with Crippen molar-refractivity contribution >= 4 is 11.9 Å². The van der Waals surface area contributed by atoms with E-state index in [9.17, 15) is 14.7 Å². The van der Waals surface area contributed by atoms with Crippen molar-refractivity contribution in [3.63, 3.8) is 0 Å². The second-order valence-electron chi connectivity index (χ2n) is 5.58. The number of rotatable bonds is 7. The van der Waals surface area contributed by atoms with Crippen LogP contribution in [-0.4, -0.2) is 40.0 Å². The largest absolute Gasteiger partial charge is 0.480 e. The fourth-order valence-electron chi connectivity index (χ4n) is 2.23. The van der Waals surface area contributed by atoms with Crippen LogP contribution in [0.3, 0.4) is 0 Å². The third kappa shape index (κ3) is 4.29. The summed E-state index contributed by atoms with van der Waals surface area (Å²) in [5, 5.41) is 9.25. The highest BCUT2D eigenvalue weighted by atomic mass is 16.4. The zero-order valence-corrected chi connectivity index (χ0v) is 12.9. The van der Waals surface area contributed by atoms with Gasteiger partial charge in [0.2, 0.25) is 5.91 Å². The van der Waals surface area contributed by atoms with Crippen LogP contribution in [0.2, 0.25) is 0 Å². The zero-order chi connectivity index (χ0) is 16.0. The highest BCUT2D eigenvalue weighted by Gasteiger charge is 2.38. The number of carboxylic acids is 1. The molecule has 1 rings (SSSR count). The normalized spacial score (nSPS) is 12.8. The highest BCUT2D eigenvalue weighted by molar-refractivity contribution is 5.89. The maximum Gasteiger partial charge on any atom is 0.329 e. The van der Waals surface area contributed by atoms with Gasteiger partial charge in [0, 0.05) is 6.54 Å². The lowest BCUT2D eigenvalue weighted by molar-refractivity contribution is -0.157. The first-order chi connectivity index (χ1) is 9.80. The minimum Gasteiger partial charge on any atom is -0.480 e. The molecule has 1 aromatic rings. The number of amides is 1. The quantitative estimate of drug-likeness (QED) is 0.800. The second-order valence-corrected chi connectivity index (χ2v) is 5.58. The van der Waals surface area contributed by atoms with Crippen LogP contribution in [-0.2, 0) is 16.0 Å². The number of carbonyl (C=O) groups excluding carboxylic acids is 1. The Kier molecular flexibility index (Phi) is 5.90. The van der Waals surface area contributed by atoms with Crippen LogP contribution >= 0.6 is 0 Å². The maximum atomic E-state index is 12.4. The van der Waals surface area contributed by atoms with Gasteiger partial charge >= 0.3 is 5.97 Å². The molecule has 1 amide bonds. The van der Waals surface area contributed by atoms with Crippen LogP contribution in [0.4, 0.5) is 0 Å². The van der Waals surface area contributed by atoms with Crippen LogP contribution in [0.25, 0.3) is 0 Å². The van der Waals surface area contributed by atoms with Gasteiger partial charge in [-0.05, 0) is 39.2 Å². The summed E-state index contributed by atoms with van der Waals surface area (Å²) in [6.45, 7) is 5.10. The Labute approximate surface area is 125 Å². The Morgan fingerprint density at radius 1 is 1.29 bits per heavy atom. The molecule has 116 valence electrons. The van der Waals surface area contributed by atoms with E-state index in [1.54, 1.807) is 6.92 Å². The van der Waals surface area contributed by atoms with E-state index in [0.717, 1.165) is 5.56 Å². The SMILES string of the molecule is CCN(C(=O)C(N)CCc1ccccc1)C(C)(C)C(=O)O. The van der Waals surface area contributed by atoms with E-state index in [-0.39, 0.29) is 5.91 Å². The standard InChI is InChI=1S/C16H24N2O3/c1-4-18(16(2,3)15(20)21)14(19)13(17)11-10-12-8-6-5-7-9-12/h5-9,13H,4,10-11,17H2,1-3H3,(H,20,21). The number of benzene rings is 1. The number of hydrogen-bond donors (Lipinski definition) is 2. The van der Waals surface area contributed by atoms with Gasteiger partial charge < -0.3 is 15.7 Å². The molecule has 3 N–H and O–H groups in total. The van der Waals surface area contributed by atoms with Crippen molar-refractivity contribution in [2.45, 2.75) is 45.2 Å². The van der Waals surface area contributed by atoms with E-state index in [2.05, 4.69) is 0 Å². The number of nitrogens with two attached hydrogens (primary N) is 1. The second kappa shape index (κ2) is 7.22. The summed E-state index contributed by atoms with van der Waals surface area (Å²) in [6, 6.07) is 9.08. The third-order valence-corrected chi connectivity index (χ3v) is 3.68. The highest BCUT2D eigenvalue weighted by Crippen LogP contribution is 2.17. The molecular formula is C16H24N2O3. The van der Waals surface area contributed by atoms with Gasteiger partial charge in [0.05, 0.1) is 6.04 Å². The molecule has 0 bridgehead atoms. The first-order valence-electron chi connectivity index (χ1n) is 7.15. The number of aliphatic carboxylic acids is 1. The summed E-state index contributed by atoms with van der Waals surface area (Å²) >= 11 is 0. The Balaban J connectivity index is 2.70. The Morgan fingerprint density at radius 3 is 2.33 bits per heavy atom. The summed E-state index contributed by atoms with van der Waals surface area (Å²) in [4.78, 5) is 25.0. The molecule has 5 nitrogen and oxygen atoms in total. The fourth-order valence-corrected chi connectivity index (χ4v) is 2.23. The van der Waals surface area contributed by atoms with Gasteiger partial charge in [0.1, 0.15) is 5.54 Å². The molecule has 5 heteroatoms. The molecule has 0 saturated heterocycles. The number of nitrogens with zero attached hydrogens (tertiary/aromatic N) is 1. The first-order valence-corrected chi connectivity index (χ1v) is 7.15. The lowest BCUT2D eigenvalue weighted by Crippen LogP contribution is -2.57. The van der Waals surface area contributed by atoms with Gasteiger partial charge in [-0.25, -0.2) is 4.79 Å². The molecule has 0 aliphatic rings. The molecule has 21 heavy (non-hydrogen) atoms. The maximum absolute atomic E-state index is 12.4. The van der Waals surface area contributed by atoms with Crippen LogP contribution in [0.15, 0.2) is 30.3 Å². The molecular weight excluding hydrogens is 268 g/mol. The number of carboxylic acid groups (broad SMARTS) is 1. The lowest BCUT2D eigenvalue weighted by Gasteiger charge is -2.35. The molecule has 0 radical (unpaired) electrons. The molecule has 1 aromatic carbocycles. The van der Waals surface area contributed by atoms with Crippen LogP contribution in [0.1, 0.15) is 32.8 Å². The van der Waals surface area contributed by atoms with Crippen molar-refractivity contribution in [3.05, 3.63) is 35.9 Å². The molecule has 0 fully saturated rings. The average molecular weight is 292 g/mol. The topological polar surface area (TPSA) is 83.6 Å². The summed E-state index contributed by atoms with van der Waals surface area (Å²) in [5.74, 6) is -1.35. The van der Waals surface area contributed by atoms with Gasteiger partial charge in [-0.1, -0.05) is 30.3 Å². The van der Waals surface area contributed by atoms with Gasteiger partial charge in [0.25, 0.3) is 0 Å². The van der Waals surface area contributed by atoms with Crippen molar-refractivity contribution in [1.82, 2.24) is 4.90 Å². The van der Waals surface area contributed by atoms with Gasteiger partial charge in [-0.3, -0.25) is 4.79 Å². The van der Waals surface area contributed by atoms with E-state index in [1.165, 1.54) is 18.7 Å². The van der Waals surface area contributed by atoms with E-state index in [4.69, 9.17) is 5.73 Å². The van der Waals surface area contributed by atoms with Gasteiger partial charge in [0.15, 0.2) is 0 Å². The van der Waals surface area contributed by atoms with Crippen molar-refractivity contribution in [1.29, 1.82) is 0 Å². The molecule has 0 aliphatic heterocycles. The minimum absolute atomic E-state index is 0.317. The fraction of sp³-hybridized carbons (Fsp3) is 0.500. The predicted molar refractivity (Wildman–Crippen MR) is 81.8 cm³/mol. The van der Waals surface area contributed by atoms with Crippen molar-refractivity contribution in [2.75, 3.05) is 6.54 Å². The summed E-state index contributed by atoms with van der Waals surface area (Å²) in [6.07, 6.45) is 1.19. The van der Waals surface area contributed by atoms with Crippen molar-refractivity contribution in [3.8, 4) is 0 Å². The molecule has 0 saturated carbocycles. The Morgan fingerprint density at radius 2 is 1.86 bits per heavy atom. The molecule has 0 heterocycles. The zero-order valence-electron chi connectivity index (χ0n) is 12.9. The Bertz CT molecular complexity index is 486. The number of hydrogen-bond acceptors (Lipinski definition) is 3. The molecule has 0 aliphatic carbocycles. The number of carbonyl (C=O) groups is 2. The van der Waals surface area contributed by atoms with E-state index >= 15 is 0 Å². The first kappa shape index (κ1) is 17.2. The summed E-state index contributed by atoms with van der Waals surface area (Å²) in [7, 11) is 0. The monoisotopic (exact) mass is 292 g/mol. The van der Waals surface area contributed by atoms with Gasteiger partial charge in [-0.2, -0.15) is 0 Å². The Hall–Kier alpha value is -1.88. The van der Waals surface area contributed by atoms with Crippen molar-refractivity contribution in [2.24, 2.45) is 5.73 Å². The average Bonchev–Trinajstić information content (AvgIpc) is 2.46. The van der Waals surface area contributed by atoms with Crippen LogP contribution < -0.4 is 5.73 Å². The molecule has 1 unspecified atom stereocenters. The van der Waals surface area contributed by atoms with Crippen LogP contribution in [0.5, 0.6) is 0 Å². The number of likely N-dealkylation sites (N-methyl/N-ethyl adjacent to an activating group) is 1. The van der Waals surface area contributed by atoms with Crippen LogP contribution in [0, 0.1) is 0 Å². The third-order valence-electron chi connectivity index (χ3n) is 3.68. The predicted octanol–water partition coefficient (Wildman–Crippen LogP) is 1.66. The lowest BCUT2D eigenvalue weighted by atomic mass is 9.99. The number of aryl methyl sites for hydroxylation is 1. The van der Waals surface area contributed by atoms with Crippen molar-refractivity contribution < 1.29 is 14.7 Å².